The number of anilines is 1. The minimum Gasteiger partial charge on any atom is -0.438 e. The van der Waals surface area contributed by atoms with Gasteiger partial charge in [-0.2, -0.15) is 4.98 Å². The second-order valence-electron chi connectivity index (χ2n) is 8.83. The van der Waals surface area contributed by atoms with E-state index in [2.05, 4.69) is 11.8 Å². The molecule has 3 heterocycles. The molecule has 0 unspecified atom stereocenters. The van der Waals surface area contributed by atoms with E-state index in [1.165, 1.54) is 12.1 Å². The number of halogens is 1. The Morgan fingerprint density at radius 1 is 1.03 bits per heavy atom. The Kier molecular flexibility index (Phi) is 5.94. The van der Waals surface area contributed by atoms with Crippen molar-refractivity contribution in [1.29, 1.82) is 0 Å². The van der Waals surface area contributed by atoms with Gasteiger partial charge in [-0.25, -0.2) is 9.37 Å². The number of rotatable bonds is 4. The highest BCUT2D eigenvalue weighted by molar-refractivity contribution is 5.94. The van der Waals surface area contributed by atoms with Crippen molar-refractivity contribution in [3.05, 3.63) is 77.2 Å². The molecular formula is C26H27FN4O2. The highest BCUT2D eigenvalue weighted by atomic mass is 19.1. The van der Waals surface area contributed by atoms with Crippen LogP contribution in [0.1, 0.15) is 41.4 Å². The molecule has 5 rings (SSSR count). The second kappa shape index (κ2) is 9.17. The standard InChI is InChI=1S/C26H27FN4O2/c1-18-10-13-30(14-11-18)26-28-23-12-15-31(25(32)19-6-5-7-20(27)16-19)17-22(23)24(29-26)33-21-8-3-2-4-9-21/h2-9,16,18H,10-15,17H2,1H3. The number of para-hydroxylation sites is 1. The van der Waals surface area contributed by atoms with Crippen LogP contribution in [-0.4, -0.2) is 40.4 Å². The zero-order chi connectivity index (χ0) is 22.8. The van der Waals surface area contributed by atoms with Crippen molar-refractivity contribution in [2.75, 3.05) is 24.5 Å². The molecule has 2 aromatic carbocycles. The van der Waals surface area contributed by atoms with Crippen molar-refractivity contribution in [3.63, 3.8) is 0 Å². The van der Waals surface area contributed by atoms with Crippen molar-refractivity contribution >= 4 is 11.9 Å². The number of carbonyl (C=O) groups excluding carboxylic acids is 1. The molecule has 1 amide bonds. The molecule has 0 N–H and O–H groups in total. The highest BCUT2D eigenvalue weighted by Crippen LogP contribution is 2.33. The Morgan fingerprint density at radius 3 is 2.58 bits per heavy atom. The van der Waals surface area contributed by atoms with Crippen molar-refractivity contribution < 1.29 is 13.9 Å². The molecule has 6 nitrogen and oxygen atoms in total. The summed E-state index contributed by atoms with van der Waals surface area (Å²) in [7, 11) is 0. The Bertz CT molecular complexity index is 1150. The van der Waals surface area contributed by atoms with E-state index in [0.29, 0.717) is 48.6 Å². The summed E-state index contributed by atoms with van der Waals surface area (Å²) in [6.45, 7) is 4.97. The Balaban J connectivity index is 1.47. The lowest BCUT2D eigenvalue weighted by Crippen LogP contribution is -2.38. The maximum Gasteiger partial charge on any atom is 0.254 e. The zero-order valence-electron chi connectivity index (χ0n) is 18.7. The first kappa shape index (κ1) is 21.4. The molecule has 0 spiro atoms. The number of benzene rings is 2. The minimum atomic E-state index is -0.421. The van der Waals surface area contributed by atoms with Crippen molar-refractivity contribution in [3.8, 4) is 11.6 Å². The quantitative estimate of drug-likeness (QED) is 0.574. The monoisotopic (exact) mass is 446 g/mol. The third kappa shape index (κ3) is 4.67. The fraction of sp³-hybridized carbons (Fsp3) is 0.346. The van der Waals surface area contributed by atoms with Gasteiger partial charge in [-0.05, 0) is 49.1 Å². The largest absolute Gasteiger partial charge is 0.438 e. The lowest BCUT2D eigenvalue weighted by Gasteiger charge is -2.33. The molecule has 1 fully saturated rings. The van der Waals surface area contributed by atoms with Crippen LogP contribution in [-0.2, 0) is 13.0 Å². The molecule has 3 aromatic rings. The highest BCUT2D eigenvalue weighted by Gasteiger charge is 2.29. The van der Waals surface area contributed by atoms with Crippen LogP contribution in [0.3, 0.4) is 0 Å². The maximum absolute atomic E-state index is 13.7. The van der Waals surface area contributed by atoms with Gasteiger partial charge >= 0.3 is 0 Å². The van der Waals surface area contributed by atoms with Gasteiger partial charge in [0.1, 0.15) is 11.6 Å². The van der Waals surface area contributed by atoms with Crippen LogP contribution in [0.2, 0.25) is 0 Å². The van der Waals surface area contributed by atoms with E-state index in [1.807, 2.05) is 30.3 Å². The number of aromatic nitrogens is 2. The van der Waals surface area contributed by atoms with E-state index >= 15 is 0 Å². The molecule has 0 saturated carbocycles. The molecule has 0 atom stereocenters. The molecule has 1 aromatic heterocycles. The van der Waals surface area contributed by atoms with Gasteiger partial charge in [0, 0.05) is 31.6 Å². The average Bonchev–Trinajstić information content (AvgIpc) is 2.84. The molecule has 2 aliphatic rings. The van der Waals surface area contributed by atoms with Crippen LogP contribution in [0, 0.1) is 11.7 Å². The molecule has 1 saturated heterocycles. The number of fused-ring (bicyclic) bond motifs is 1. The predicted octanol–water partition coefficient (Wildman–Crippen LogP) is 4.84. The average molecular weight is 447 g/mol. The number of carbonyl (C=O) groups is 1. The molecule has 0 radical (unpaired) electrons. The molecule has 0 bridgehead atoms. The lowest BCUT2D eigenvalue weighted by atomic mass is 9.99. The summed E-state index contributed by atoms with van der Waals surface area (Å²) in [5, 5.41) is 0. The maximum atomic E-state index is 13.7. The summed E-state index contributed by atoms with van der Waals surface area (Å²) in [6, 6.07) is 15.3. The van der Waals surface area contributed by atoms with E-state index in [-0.39, 0.29) is 5.91 Å². The summed E-state index contributed by atoms with van der Waals surface area (Å²) in [5.41, 5.74) is 2.06. The van der Waals surface area contributed by atoms with Crippen LogP contribution < -0.4 is 9.64 Å². The zero-order valence-corrected chi connectivity index (χ0v) is 18.7. The number of ether oxygens (including phenoxy) is 1. The van der Waals surface area contributed by atoms with E-state index < -0.39 is 5.82 Å². The van der Waals surface area contributed by atoms with Gasteiger partial charge in [-0.3, -0.25) is 4.79 Å². The van der Waals surface area contributed by atoms with Crippen LogP contribution in [0.15, 0.2) is 54.6 Å². The fourth-order valence-corrected chi connectivity index (χ4v) is 4.38. The van der Waals surface area contributed by atoms with Crippen LogP contribution in [0.4, 0.5) is 10.3 Å². The number of hydrogen-bond donors (Lipinski definition) is 0. The summed E-state index contributed by atoms with van der Waals surface area (Å²) < 4.78 is 19.9. The van der Waals surface area contributed by atoms with Gasteiger partial charge in [0.25, 0.3) is 5.91 Å². The Labute approximate surface area is 193 Å². The molecule has 33 heavy (non-hydrogen) atoms. The van der Waals surface area contributed by atoms with Crippen LogP contribution >= 0.6 is 0 Å². The first-order valence-electron chi connectivity index (χ1n) is 11.5. The van der Waals surface area contributed by atoms with Crippen molar-refractivity contribution in [1.82, 2.24) is 14.9 Å². The van der Waals surface area contributed by atoms with Gasteiger partial charge in [-0.1, -0.05) is 31.2 Å². The van der Waals surface area contributed by atoms with Crippen LogP contribution in [0.25, 0.3) is 0 Å². The molecule has 170 valence electrons. The van der Waals surface area contributed by atoms with Gasteiger partial charge < -0.3 is 14.5 Å². The number of amides is 1. The van der Waals surface area contributed by atoms with Gasteiger partial charge in [-0.15, -0.1) is 0 Å². The minimum absolute atomic E-state index is 0.208. The smallest absolute Gasteiger partial charge is 0.254 e. The van der Waals surface area contributed by atoms with E-state index in [9.17, 15) is 9.18 Å². The van der Waals surface area contributed by atoms with Crippen molar-refractivity contribution in [2.24, 2.45) is 5.92 Å². The Morgan fingerprint density at radius 2 is 1.82 bits per heavy atom. The SMILES string of the molecule is CC1CCN(c2nc3c(c(Oc4ccccc4)n2)CN(C(=O)c2cccc(F)c2)CC3)CC1. The summed E-state index contributed by atoms with van der Waals surface area (Å²) in [6.07, 6.45) is 2.83. The van der Waals surface area contributed by atoms with Gasteiger partial charge in [0.2, 0.25) is 11.8 Å². The number of piperidine rings is 1. The summed E-state index contributed by atoms with van der Waals surface area (Å²) >= 11 is 0. The first-order valence-corrected chi connectivity index (χ1v) is 11.5. The topological polar surface area (TPSA) is 58.6 Å². The van der Waals surface area contributed by atoms with Crippen LogP contribution in [0.5, 0.6) is 11.6 Å². The molecular weight excluding hydrogens is 419 g/mol. The molecule has 7 heteroatoms. The third-order valence-corrected chi connectivity index (χ3v) is 6.39. The summed E-state index contributed by atoms with van der Waals surface area (Å²) in [5.74, 6) is 1.94. The van der Waals surface area contributed by atoms with E-state index in [0.717, 1.165) is 37.2 Å². The lowest BCUT2D eigenvalue weighted by molar-refractivity contribution is 0.0731. The fourth-order valence-electron chi connectivity index (χ4n) is 4.38. The molecule has 0 aliphatic carbocycles. The van der Waals surface area contributed by atoms with Crippen molar-refractivity contribution in [2.45, 2.75) is 32.7 Å². The first-order chi connectivity index (χ1) is 16.1. The van der Waals surface area contributed by atoms with Gasteiger partial charge in [0.05, 0.1) is 17.8 Å². The van der Waals surface area contributed by atoms with E-state index in [4.69, 9.17) is 14.7 Å². The Hall–Kier alpha value is -3.48. The normalized spacial score (nSPS) is 16.4. The van der Waals surface area contributed by atoms with Gasteiger partial charge in [0.15, 0.2) is 0 Å². The third-order valence-electron chi connectivity index (χ3n) is 6.39. The molecule has 2 aliphatic heterocycles. The predicted molar refractivity (Wildman–Crippen MR) is 124 cm³/mol. The number of hydrogen-bond acceptors (Lipinski definition) is 5. The summed E-state index contributed by atoms with van der Waals surface area (Å²) in [4.78, 5) is 26.7. The number of nitrogens with zero attached hydrogens (tertiary/aromatic N) is 4. The van der Waals surface area contributed by atoms with E-state index in [1.54, 1.807) is 17.0 Å². The second-order valence-corrected chi connectivity index (χ2v) is 8.83.